The van der Waals surface area contributed by atoms with Gasteiger partial charge < -0.3 is 34.6 Å². The average Bonchev–Trinajstić information content (AvgIpc) is 3.98. The molecule has 23 nitrogen and oxygen atoms in total. The Bertz CT molecular complexity index is 3420. The van der Waals surface area contributed by atoms with E-state index in [9.17, 15) is 19.2 Å². The maximum Gasteiger partial charge on any atom is 0.431 e. The first-order valence-electron chi connectivity index (χ1n) is 28.7. The molecule has 0 saturated heterocycles. The fourth-order valence-electron chi connectivity index (χ4n) is 9.48. The molecule has 10 heterocycles. The van der Waals surface area contributed by atoms with Crippen molar-refractivity contribution in [2.75, 3.05) is 32.7 Å². The lowest BCUT2D eigenvalue weighted by molar-refractivity contribution is -0.773. The van der Waals surface area contributed by atoms with Gasteiger partial charge in [-0.15, -0.1) is 12.3 Å². The van der Waals surface area contributed by atoms with Crippen molar-refractivity contribution in [3.05, 3.63) is 194 Å². The number of terminal acetylenes is 1. The number of nitrogens with zero attached hydrogens (tertiary/aromatic N) is 12. The highest BCUT2D eigenvalue weighted by Crippen LogP contribution is 2.18. The molecule has 0 spiro atoms. The maximum absolute atomic E-state index is 12.1. The molecular weight excluding hydrogens is 1090 g/mol. The highest BCUT2D eigenvalue weighted by Gasteiger charge is 2.33. The number of ether oxygens (including phenoxy) is 3. The number of rotatable bonds is 6. The van der Waals surface area contributed by atoms with Gasteiger partial charge in [0.1, 0.15) is 26.4 Å². The third-order valence-corrected chi connectivity index (χ3v) is 13.9. The summed E-state index contributed by atoms with van der Waals surface area (Å²) >= 11 is 0. The van der Waals surface area contributed by atoms with E-state index >= 15 is 0 Å². The molecule has 8 aromatic rings. The second-order valence-electron chi connectivity index (χ2n) is 20.1. The summed E-state index contributed by atoms with van der Waals surface area (Å²) in [5, 5.41) is 26.3. The van der Waals surface area contributed by atoms with Gasteiger partial charge in [0.2, 0.25) is 0 Å². The Labute approximate surface area is 503 Å². The van der Waals surface area contributed by atoms with Crippen molar-refractivity contribution in [3.63, 3.8) is 0 Å². The normalized spacial score (nSPS) is 13.8. The third-order valence-electron chi connectivity index (χ3n) is 13.9. The van der Waals surface area contributed by atoms with E-state index < -0.39 is 11.7 Å². The molecule has 5 aliphatic rings. The van der Waals surface area contributed by atoms with E-state index in [1.807, 2.05) is 153 Å². The summed E-state index contributed by atoms with van der Waals surface area (Å²) in [6.45, 7) is 25.7. The van der Waals surface area contributed by atoms with Gasteiger partial charge in [0.25, 0.3) is 0 Å². The van der Waals surface area contributed by atoms with Gasteiger partial charge in [-0.05, 0) is 79.8 Å². The summed E-state index contributed by atoms with van der Waals surface area (Å²) in [6, 6.07) is 33.0. The minimum atomic E-state index is -0.453. The molecule has 3 aromatic carbocycles. The fourth-order valence-corrected chi connectivity index (χ4v) is 9.48. The maximum atomic E-state index is 12.1. The lowest BCUT2D eigenvalue weighted by Crippen LogP contribution is -2.53. The molecule has 458 valence electrons. The van der Waals surface area contributed by atoms with Crippen LogP contribution in [-0.4, -0.2) is 110 Å². The first-order chi connectivity index (χ1) is 41.3. The van der Waals surface area contributed by atoms with Gasteiger partial charge in [-0.1, -0.05) is 117 Å². The van der Waals surface area contributed by atoms with Gasteiger partial charge in [0, 0.05) is 39.3 Å². The summed E-state index contributed by atoms with van der Waals surface area (Å²) in [5.41, 5.74) is 12.2. The number of benzene rings is 3. The number of carbonyl (C=O) groups is 3. The van der Waals surface area contributed by atoms with Crippen LogP contribution in [0.1, 0.15) is 95.9 Å². The van der Waals surface area contributed by atoms with Gasteiger partial charge in [0.05, 0.1) is 92.4 Å². The topological polar surface area (TPSA) is 234 Å². The molecule has 0 bridgehead atoms. The van der Waals surface area contributed by atoms with Gasteiger partial charge >= 0.3 is 29.6 Å². The van der Waals surface area contributed by atoms with Crippen molar-refractivity contribution in [1.82, 2.24) is 69.7 Å². The highest BCUT2D eigenvalue weighted by molar-refractivity contribution is 5.68. The number of hydrogen-bond donors (Lipinski definition) is 3. The van der Waals surface area contributed by atoms with E-state index in [1.54, 1.807) is 21.4 Å². The Balaban J connectivity index is 0.000000172. The van der Waals surface area contributed by atoms with E-state index in [0.29, 0.717) is 58.2 Å². The summed E-state index contributed by atoms with van der Waals surface area (Å²) in [4.78, 5) is 52.5. The number of carbonyl (C=O) groups excluding carboxylic acids is 3. The molecule has 13 rings (SSSR count). The number of aryl methyl sites for hydroxylation is 4. The van der Waals surface area contributed by atoms with Gasteiger partial charge in [-0.3, -0.25) is 28.2 Å². The van der Waals surface area contributed by atoms with E-state index in [-0.39, 0.29) is 32.8 Å². The van der Waals surface area contributed by atoms with Crippen LogP contribution in [0.4, 0.5) is 14.4 Å². The Hall–Kier alpha value is -9.27. The first kappa shape index (κ1) is 65.9. The second kappa shape index (κ2) is 33.9. The van der Waals surface area contributed by atoms with E-state index in [0.717, 1.165) is 97.4 Å². The average molecular weight is 1180 g/mol. The number of H-pyrrole nitrogens is 1. The van der Waals surface area contributed by atoms with Crippen molar-refractivity contribution >= 4 is 18.3 Å². The number of aromatic nitrogens is 10. The fraction of sp³-hybridized carbons (Fsp3) is 0.413. The van der Waals surface area contributed by atoms with Gasteiger partial charge in [0.15, 0.2) is 6.54 Å². The predicted octanol–water partition coefficient (Wildman–Crippen LogP) is 7.99. The van der Waals surface area contributed by atoms with Crippen LogP contribution < -0.4 is 20.9 Å². The standard InChI is InChI=1S/2C15H17N3O2.C13H13N3O4.2C7H11N3.C3H4.C2H6.CH4/c1-12-9-16-18-8-7-17(10-14(12)18)15(19)20-11-13-5-3-2-4-6-13;1-12-9-14-10-17(7-8-18(14)16-12)15(19)20-11-13-5-3-2-4-6-13;17-12-11-8-15(6-7-16(11)14-20-12)13(18)19-9-10-4-2-1-3-5-10;1-6-4-9-10-3-2-8-5-7(6)10;1-6-4-7-5-8-2-3-10(7)9-6;1-3-2;1-2;/h2*2-6,9H,7-8,10-11H2,1H3;1-5H,6-9H2;2*4,8H,2-3,5H2,1H3;1H,2H3;1-2H3;1H4/p+1. The van der Waals surface area contributed by atoms with Crippen LogP contribution >= 0.6 is 0 Å². The van der Waals surface area contributed by atoms with Crippen molar-refractivity contribution in [1.29, 1.82) is 0 Å². The minimum Gasteiger partial charge on any atom is -0.445 e. The number of aromatic amines is 1. The molecular formula is C63H84N15O8+. The van der Waals surface area contributed by atoms with Crippen LogP contribution in [0.3, 0.4) is 0 Å². The Morgan fingerprint density at radius 3 is 1.52 bits per heavy atom. The lowest BCUT2D eigenvalue weighted by atomic mass is 10.2. The molecule has 3 amide bonds. The third kappa shape index (κ3) is 19.1. The van der Waals surface area contributed by atoms with Gasteiger partial charge in [-0.25, -0.2) is 19.2 Å². The van der Waals surface area contributed by atoms with Crippen LogP contribution in [-0.2, 0) is 99.5 Å². The summed E-state index contributed by atoms with van der Waals surface area (Å²) < 4.78 is 30.3. The van der Waals surface area contributed by atoms with Crippen LogP contribution in [0.25, 0.3) is 0 Å². The smallest absolute Gasteiger partial charge is 0.431 e. The Morgan fingerprint density at radius 1 is 0.581 bits per heavy atom. The quantitative estimate of drug-likeness (QED) is 0.0814. The molecule has 0 saturated carbocycles. The predicted molar refractivity (Wildman–Crippen MR) is 324 cm³/mol. The largest absolute Gasteiger partial charge is 0.445 e. The number of fused-ring (bicyclic) bond motifs is 5. The SMILES string of the molecule is C.C#CC.CC.Cc1cc2n(n1)CCN(C(=O)OCc1ccccc1)C2.Cc1cc2n(n1)CCNC2.Cc1cnn2c1CN(C(=O)OCc1ccccc1)CC2.Cc1cnn2c1CNCC2.O=C(OCc1ccccc1)N1CC[n+]2[nH]oc(=O)c2C1. The Kier molecular flexibility index (Phi) is 26.0. The Morgan fingerprint density at radius 2 is 1.01 bits per heavy atom. The number of hydrogen-bond acceptors (Lipinski definition) is 14. The monoisotopic (exact) mass is 1180 g/mol. The van der Waals surface area contributed by atoms with E-state index in [1.165, 1.54) is 21.9 Å². The van der Waals surface area contributed by atoms with Crippen molar-refractivity contribution in [2.45, 2.75) is 141 Å². The lowest BCUT2D eigenvalue weighted by Gasteiger charge is -2.27. The van der Waals surface area contributed by atoms with Crippen molar-refractivity contribution in [3.8, 4) is 12.3 Å². The molecule has 5 aliphatic heterocycles. The van der Waals surface area contributed by atoms with Crippen LogP contribution in [0.2, 0.25) is 0 Å². The second-order valence-corrected chi connectivity index (χ2v) is 20.1. The molecule has 0 radical (unpaired) electrons. The summed E-state index contributed by atoms with van der Waals surface area (Å²) in [7, 11) is 0. The number of amides is 3. The summed E-state index contributed by atoms with van der Waals surface area (Å²) in [6.07, 6.45) is 7.41. The zero-order valence-electron chi connectivity index (χ0n) is 49.9. The molecule has 5 aromatic heterocycles. The molecule has 0 aliphatic carbocycles. The highest BCUT2D eigenvalue weighted by atomic mass is 16.6. The van der Waals surface area contributed by atoms with Crippen molar-refractivity contribution < 1.29 is 37.8 Å². The first-order valence-corrected chi connectivity index (χ1v) is 28.7. The van der Waals surface area contributed by atoms with Crippen LogP contribution in [0, 0.1) is 40.0 Å². The van der Waals surface area contributed by atoms with Crippen molar-refractivity contribution in [2.24, 2.45) is 0 Å². The van der Waals surface area contributed by atoms with Gasteiger partial charge in [-0.2, -0.15) is 20.4 Å². The van der Waals surface area contributed by atoms with Crippen LogP contribution in [0.15, 0.2) is 125 Å². The van der Waals surface area contributed by atoms with E-state index in [4.69, 9.17) is 14.2 Å². The molecule has 86 heavy (non-hydrogen) atoms. The zero-order chi connectivity index (χ0) is 60.5. The summed E-state index contributed by atoms with van der Waals surface area (Å²) in [5.74, 6) is 2.25. The molecule has 3 N–H and O–H groups in total. The molecule has 0 atom stereocenters. The number of nitrogens with one attached hydrogen (secondary N) is 3. The molecule has 23 heteroatoms. The minimum absolute atomic E-state index is 0. The van der Waals surface area contributed by atoms with E-state index in [2.05, 4.69) is 75.5 Å². The molecule has 0 unspecified atom stereocenters. The van der Waals surface area contributed by atoms with Crippen LogP contribution in [0.5, 0.6) is 0 Å². The zero-order valence-corrected chi connectivity index (χ0v) is 49.9. The molecule has 0 fully saturated rings.